The van der Waals surface area contributed by atoms with Crippen molar-refractivity contribution in [1.82, 2.24) is 0 Å². The second-order valence-corrected chi connectivity index (χ2v) is 16.8. The second-order valence-electron chi connectivity index (χ2n) is 15.4. The van der Waals surface area contributed by atoms with Gasteiger partial charge in [-0.05, 0) is 51.4 Å². The molecule has 0 saturated heterocycles. The van der Waals surface area contributed by atoms with Crippen LogP contribution in [0.25, 0.3) is 0 Å². The van der Waals surface area contributed by atoms with Gasteiger partial charge in [-0.3, -0.25) is 18.6 Å². The first kappa shape index (κ1) is 56.7. The second kappa shape index (κ2) is 43.7. The molecule has 0 fully saturated rings. The third kappa shape index (κ3) is 42.2. The number of unbranched alkanes of at least 4 members (excludes halogenated alkanes) is 19. The van der Waals surface area contributed by atoms with Crippen molar-refractivity contribution in [3.63, 3.8) is 0 Å². The molecule has 59 heavy (non-hydrogen) atoms. The summed E-state index contributed by atoms with van der Waals surface area (Å²) < 4.78 is 32.6. The zero-order valence-corrected chi connectivity index (χ0v) is 38.1. The normalized spacial score (nSPS) is 14.3. The van der Waals surface area contributed by atoms with Crippen LogP contribution in [0.4, 0.5) is 0 Å². The van der Waals surface area contributed by atoms with Gasteiger partial charge in [0.05, 0.1) is 26.4 Å². The van der Waals surface area contributed by atoms with E-state index in [0.29, 0.717) is 19.3 Å². The van der Waals surface area contributed by atoms with E-state index >= 15 is 0 Å². The number of hydrogen-bond acceptors (Lipinski definition) is 9. The van der Waals surface area contributed by atoms with Crippen molar-refractivity contribution in [3.05, 3.63) is 60.8 Å². The van der Waals surface area contributed by atoms with E-state index in [0.717, 1.165) is 51.4 Å². The Bertz CT molecular complexity index is 1160. The molecular formula is C48H85O10P. The number of allylic oxidation sites excluding steroid dienone is 10. The molecule has 3 unspecified atom stereocenters. The van der Waals surface area contributed by atoms with Crippen LogP contribution >= 0.6 is 7.82 Å². The molecule has 0 aliphatic carbocycles. The average molecular weight is 853 g/mol. The van der Waals surface area contributed by atoms with Crippen LogP contribution in [0, 0.1) is 0 Å². The summed E-state index contributed by atoms with van der Waals surface area (Å²) in [6, 6.07) is 0. The van der Waals surface area contributed by atoms with Gasteiger partial charge in [-0.2, -0.15) is 0 Å². The highest BCUT2D eigenvalue weighted by atomic mass is 31.2. The summed E-state index contributed by atoms with van der Waals surface area (Å²) in [7, 11) is -4.65. The van der Waals surface area contributed by atoms with E-state index in [1.165, 1.54) is 96.3 Å². The molecular weight excluding hydrogens is 767 g/mol. The molecule has 0 saturated carbocycles. The van der Waals surface area contributed by atoms with Crippen LogP contribution in [0.5, 0.6) is 0 Å². The maximum atomic E-state index is 12.4. The maximum Gasteiger partial charge on any atom is 0.472 e. The zero-order chi connectivity index (χ0) is 43.3. The number of esters is 2. The number of carbonyl (C=O) groups is 2. The van der Waals surface area contributed by atoms with Crippen LogP contribution in [0.2, 0.25) is 0 Å². The minimum absolute atomic E-state index is 0.112. The van der Waals surface area contributed by atoms with Crippen molar-refractivity contribution >= 4 is 19.8 Å². The van der Waals surface area contributed by atoms with Gasteiger partial charge in [-0.25, -0.2) is 4.57 Å². The van der Waals surface area contributed by atoms with Gasteiger partial charge in [-0.1, -0.05) is 190 Å². The van der Waals surface area contributed by atoms with Crippen molar-refractivity contribution in [2.45, 2.75) is 206 Å². The van der Waals surface area contributed by atoms with Crippen molar-refractivity contribution in [2.24, 2.45) is 0 Å². The monoisotopic (exact) mass is 853 g/mol. The Morgan fingerprint density at radius 2 is 0.797 bits per heavy atom. The van der Waals surface area contributed by atoms with Gasteiger partial charge in [0.2, 0.25) is 0 Å². The minimum atomic E-state index is -4.65. The lowest BCUT2D eigenvalue weighted by Crippen LogP contribution is -2.28. The fourth-order valence-electron chi connectivity index (χ4n) is 6.21. The summed E-state index contributed by atoms with van der Waals surface area (Å²) in [4.78, 5) is 34.6. The predicted molar refractivity (Wildman–Crippen MR) is 242 cm³/mol. The number of aliphatic hydroxyl groups is 2. The Balaban J connectivity index is 3.94. The molecule has 0 rings (SSSR count). The first-order valence-corrected chi connectivity index (χ1v) is 24.7. The summed E-state index contributed by atoms with van der Waals surface area (Å²) in [5.41, 5.74) is 0. The lowest BCUT2D eigenvalue weighted by Gasteiger charge is -2.20. The molecule has 0 aliphatic rings. The molecule has 10 nitrogen and oxygen atoms in total. The number of rotatable bonds is 43. The Labute approximate surface area is 359 Å². The number of ether oxygens (including phenoxy) is 2. The third-order valence-electron chi connectivity index (χ3n) is 9.74. The minimum Gasteiger partial charge on any atom is -0.457 e. The molecule has 0 spiro atoms. The number of phosphoric ester groups is 1. The van der Waals surface area contributed by atoms with Gasteiger partial charge in [0.1, 0.15) is 12.2 Å². The van der Waals surface area contributed by atoms with Crippen molar-refractivity contribution in [3.8, 4) is 0 Å². The molecule has 0 aromatic heterocycles. The number of aliphatic hydroxyl groups excluding tert-OH is 2. The van der Waals surface area contributed by atoms with Crippen molar-refractivity contribution < 1.29 is 47.8 Å². The molecule has 0 amide bonds. The van der Waals surface area contributed by atoms with Crippen molar-refractivity contribution in [1.29, 1.82) is 0 Å². The Morgan fingerprint density at radius 1 is 0.475 bits per heavy atom. The first-order valence-electron chi connectivity index (χ1n) is 23.2. The number of hydrogen-bond donors (Lipinski definition) is 3. The van der Waals surface area contributed by atoms with Crippen molar-refractivity contribution in [2.75, 3.05) is 26.4 Å². The predicted octanol–water partition coefficient (Wildman–Crippen LogP) is 12.7. The Kier molecular flexibility index (Phi) is 42.0. The third-order valence-corrected chi connectivity index (χ3v) is 10.7. The highest BCUT2D eigenvalue weighted by molar-refractivity contribution is 7.47. The topological polar surface area (TPSA) is 149 Å². The molecule has 0 bridgehead atoms. The Hall–Kier alpha value is -2.33. The smallest absolute Gasteiger partial charge is 0.457 e. The van der Waals surface area contributed by atoms with Crippen LogP contribution in [0.3, 0.4) is 0 Å². The van der Waals surface area contributed by atoms with Crippen LogP contribution in [0.1, 0.15) is 194 Å². The van der Waals surface area contributed by atoms with Crippen LogP contribution in [-0.2, 0) is 32.7 Å². The van der Waals surface area contributed by atoms with E-state index in [1.54, 1.807) is 0 Å². The Morgan fingerprint density at radius 3 is 1.15 bits per heavy atom. The molecule has 0 aliphatic heterocycles. The van der Waals surface area contributed by atoms with Crippen LogP contribution in [0.15, 0.2) is 60.8 Å². The lowest BCUT2D eigenvalue weighted by molar-refractivity contribution is -0.153. The highest BCUT2D eigenvalue weighted by Gasteiger charge is 2.27. The highest BCUT2D eigenvalue weighted by Crippen LogP contribution is 2.43. The molecule has 0 heterocycles. The molecule has 0 aromatic rings. The van der Waals surface area contributed by atoms with Gasteiger partial charge >= 0.3 is 19.8 Å². The van der Waals surface area contributed by atoms with E-state index in [1.807, 2.05) is 12.2 Å². The summed E-state index contributed by atoms with van der Waals surface area (Å²) >= 11 is 0. The SMILES string of the molecule is CC/C=C\C/C=C\C/C=C\C/C=C\C/C=C\CCCC(=O)OC(CO)COP(=O)(O)OCC(CO)OC(=O)CCCCCCCCCCCCCCCCCCCCC. The van der Waals surface area contributed by atoms with Gasteiger partial charge in [0.15, 0.2) is 0 Å². The zero-order valence-electron chi connectivity index (χ0n) is 37.2. The van der Waals surface area contributed by atoms with E-state index in [9.17, 15) is 29.3 Å². The van der Waals surface area contributed by atoms with Gasteiger partial charge in [0.25, 0.3) is 0 Å². The van der Waals surface area contributed by atoms with Crippen LogP contribution in [-0.4, -0.2) is 65.7 Å². The van der Waals surface area contributed by atoms with E-state index < -0.39 is 58.4 Å². The van der Waals surface area contributed by atoms with Gasteiger partial charge in [-0.15, -0.1) is 0 Å². The van der Waals surface area contributed by atoms with E-state index in [4.69, 9.17) is 18.5 Å². The summed E-state index contributed by atoms with van der Waals surface area (Å²) in [6.45, 7) is 2.05. The molecule has 0 radical (unpaired) electrons. The number of phosphoric acid groups is 1. The molecule has 11 heteroatoms. The molecule has 0 aromatic carbocycles. The van der Waals surface area contributed by atoms with E-state index in [-0.39, 0.29) is 12.8 Å². The fraction of sp³-hybridized carbons (Fsp3) is 0.750. The largest absolute Gasteiger partial charge is 0.472 e. The van der Waals surface area contributed by atoms with E-state index in [2.05, 4.69) is 62.5 Å². The lowest BCUT2D eigenvalue weighted by atomic mass is 10.0. The molecule has 3 N–H and O–H groups in total. The quantitative estimate of drug-likeness (QED) is 0.0234. The summed E-state index contributed by atoms with van der Waals surface area (Å²) in [6.07, 6.45) is 49.2. The molecule has 3 atom stereocenters. The fourth-order valence-corrected chi connectivity index (χ4v) is 6.99. The average Bonchev–Trinajstić information content (AvgIpc) is 3.22. The van der Waals surface area contributed by atoms with Gasteiger partial charge < -0.3 is 24.6 Å². The number of carbonyl (C=O) groups excluding carboxylic acids is 2. The first-order chi connectivity index (χ1) is 28.8. The summed E-state index contributed by atoms with van der Waals surface area (Å²) in [5, 5.41) is 19.2. The summed E-state index contributed by atoms with van der Waals surface area (Å²) in [5.74, 6) is -1.08. The van der Waals surface area contributed by atoms with Gasteiger partial charge in [0, 0.05) is 12.8 Å². The maximum absolute atomic E-state index is 12.4. The standard InChI is InChI=1S/C48H85O10P/c1-3-5-7-9-11-13-15-17-19-21-22-24-26-28-30-32-34-36-38-40-48(52)58-46(42-50)44-56-59(53,54)55-43-45(41-49)57-47(51)39-37-35-33-31-29-27-25-23-20-18-16-14-12-10-8-6-4-2/h6,8,12,14,18,20,25,27,31,33,45-46,49-50H,3-5,7,9-11,13,15-17,19,21-24,26,28-30,32,34-44H2,1-2H3,(H,53,54)/b8-6-,14-12-,20-18-,27-25-,33-31-. The molecule has 342 valence electrons. The van der Waals surface area contributed by atoms with Crippen LogP contribution < -0.4 is 0 Å².